The fraction of sp³-hybridized carbons (Fsp3) is 0.474. The van der Waals surface area contributed by atoms with Crippen LogP contribution in [0.1, 0.15) is 60.6 Å². The van der Waals surface area contributed by atoms with E-state index in [1.165, 1.54) is 14.0 Å². The molecule has 0 saturated carbocycles. The molecule has 26 heavy (non-hydrogen) atoms. The molecule has 4 nitrogen and oxygen atoms in total. The van der Waals surface area contributed by atoms with Crippen molar-refractivity contribution in [3.63, 3.8) is 0 Å². The van der Waals surface area contributed by atoms with Crippen LogP contribution in [0.3, 0.4) is 0 Å². The van der Waals surface area contributed by atoms with Crippen LogP contribution >= 0.6 is 0 Å². The number of hydrogen-bond donors (Lipinski definition) is 1. The highest BCUT2D eigenvalue weighted by atomic mass is 19.4. The molecule has 1 aromatic carbocycles. The second kappa shape index (κ2) is 6.78. The number of halogens is 3. The van der Waals surface area contributed by atoms with Gasteiger partial charge in [-0.25, -0.2) is 0 Å². The van der Waals surface area contributed by atoms with Gasteiger partial charge in [0.15, 0.2) is 5.69 Å². The molecule has 1 N–H and O–H groups in total. The quantitative estimate of drug-likeness (QED) is 0.842. The van der Waals surface area contributed by atoms with Crippen molar-refractivity contribution in [2.45, 2.75) is 52.6 Å². The van der Waals surface area contributed by atoms with E-state index in [1.54, 1.807) is 12.1 Å². The molecule has 2 aromatic rings. The van der Waals surface area contributed by atoms with Crippen LogP contribution in [-0.2, 0) is 25.1 Å². The molecule has 142 valence electrons. The maximum Gasteiger partial charge on any atom is 0.435 e. The Labute approximate surface area is 151 Å². The summed E-state index contributed by atoms with van der Waals surface area (Å²) in [6.45, 7) is 9.57. The summed E-state index contributed by atoms with van der Waals surface area (Å²) in [5, 5.41) is 6.14. The number of alkyl halides is 3. The van der Waals surface area contributed by atoms with E-state index in [-0.39, 0.29) is 11.1 Å². The van der Waals surface area contributed by atoms with Gasteiger partial charge in [-0.05, 0) is 36.0 Å². The van der Waals surface area contributed by atoms with Crippen molar-refractivity contribution in [2.75, 3.05) is 5.32 Å². The highest BCUT2D eigenvalue weighted by molar-refractivity contribution is 6.06. The van der Waals surface area contributed by atoms with Crippen LogP contribution in [0.5, 0.6) is 0 Å². The van der Waals surface area contributed by atoms with Crippen molar-refractivity contribution in [3.05, 3.63) is 46.3 Å². The van der Waals surface area contributed by atoms with Crippen LogP contribution in [0.25, 0.3) is 0 Å². The van der Waals surface area contributed by atoms with E-state index >= 15 is 0 Å². The molecule has 2 rings (SSSR count). The number of aromatic nitrogens is 2. The highest BCUT2D eigenvalue weighted by Gasteiger charge is 2.40. The molecule has 0 radical (unpaired) electrons. The summed E-state index contributed by atoms with van der Waals surface area (Å²) < 4.78 is 40.8. The molecular weight excluding hydrogens is 343 g/mol. The topological polar surface area (TPSA) is 46.9 Å². The minimum absolute atomic E-state index is 0.145. The number of carbonyl (C=O) groups is 1. The second-order valence-corrected chi connectivity index (χ2v) is 7.32. The molecule has 1 amide bonds. The largest absolute Gasteiger partial charge is 0.435 e. The Balaban J connectivity index is 2.50. The van der Waals surface area contributed by atoms with Gasteiger partial charge in [-0.1, -0.05) is 39.8 Å². The predicted octanol–water partition coefficient (Wildman–Crippen LogP) is 4.86. The lowest BCUT2D eigenvalue weighted by molar-refractivity contribution is -0.141. The first-order valence-corrected chi connectivity index (χ1v) is 8.42. The molecule has 0 atom stereocenters. The van der Waals surface area contributed by atoms with Crippen LogP contribution in [-0.4, -0.2) is 15.7 Å². The lowest BCUT2D eigenvalue weighted by Crippen LogP contribution is -2.21. The Bertz CT molecular complexity index is 830. The first-order chi connectivity index (χ1) is 11.9. The van der Waals surface area contributed by atoms with Crippen molar-refractivity contribution in [1.82, 2.24) is 9.78 Å². The van der Waals surface area contributed by atoms with Crippen molar-refractivity contribution in [3.8, 4) is 0 Å². The second-order valence-electron chi connectivity index (χ2n) is 7.32. The molecule has 0 saturated heterocycles. The molecule has 1 heterocycles. The van der Waals surface area contributed by atoms with Crippen LogP contribution < -0.4 is 5.32 Å². The maximum absolute atomic E-state index is 13.3. The number of hydrogen-bond acceptors (Lipinski definition) is 2. The summed E-state index contributed by atoms with van der Waals surface area (Å²) in [6.07, 6.45) is -4.04. The Morgan fingerprint density at radius 3 is 2.35 bits per heavy atom. The molecule has 7 heteroatoms. The van der Waals surface area contributed by atoms with Gasteiger partial charge in [-0.2, -0.15) is 18.3 Å². The van der Waals surface area contributed by atoms with Crippen molar-refractivity contribution in [1.29, 1.82) is 0 Å². The van der Waals surface area contributed by atoms with Gasteiger partial charge in [0.2, 0.25) is 0 Å². The minimum Gasteiger partial charge on any atom is -0.322 e. The number of benzene rings is 1. The Morgan fingerprint density at radius 1 is 1.23 bits per heavy atom. The van der Waals surface area contributed by atoms with Gasteiger partial charge >= 0.3 is 6.18 Å². The molecule has 0 unspecified atom stereocenters. The summed E-state index contributed by atoms with van der Waals surface area (Å²) in [4.78, 5) is 12.7. The monoisotopic (exact) mass is 367 g/mol. The van der Waals surface area contributed by atoms with Gasteiger partial charge < -0.3 is 5.32 Å². The third kappa shape index (κ3) is 3.76. The summed E-state index contributed by atoms with van der Waals surface area (Å²) in [5.74, 6) is -0.802. The van der Waals surface area contributed by atoms with Crippen LogP contribution in [0.4, 0.5) is 18.9 Å². The molecule has 1 aromatic heterocycles. The van der Waals surface area contributed by atoms with E-state index in [9.17, 15) is 18.0 Å². The highest BCUT2D eigenvalue weighted by Crippen LogP contribution is 2.34. The van der Waals surface area contributed by atoms with Crippen molar-refractivity contribution < 1.29 is 18.0 Å². The first kappa shape index (κ1) is 20.0. The molecule has 0 aliphatic carbocycles. The molecule has 0 fully saturated rings. The molecular formula is C19H24F3N3O. The number of carbonyl (C=O) groups excluding carboxylic acids is 1. The summed E-state index contributed by atoms with van der Waals surface area (Å²) in [5.41, 5.74) is 0.914. The van der Waals surface area contributed by atoms with E-state index in [4.69, 9.17) is 0 Å². The van der Waals surface area contributed by atoms with Gasteiger partial charge in [0.25, 0.3) is 5.91 Å². The number of aryl methyl sites for hydroxylation is 1. The number of nitrogens with one attached hydrogen (secondary N) is 1. The van der Waals surface area contributed by atoms with Gasteiger partial charge in [-0.15, -0.1) is 0 Å². The lowest BCUT2D eigenvalue weighted by atomic mass is 9.82. The summed E-state index contributed by atoms with van der Waals surface area (Å²) in [6, 6.07) is 5.49. The molecule has 0 bridgehead atoms. The summed E-state index contributed by atoms with van der Waals surface area (Å²) in [7, 11) is 1.39. The van der Waals surface area contributed by atoms with Crippen molar-refractivity contribution in [2.24, 2.45) is 7.05 Å². The van der Waals surface area contributed by atoms with Crippen LogP contribution in [0.15, 0.2) is 18.2 Å². The van der Waals surface area contributed by atoms with Crippen LogP contribution in [0, 0.1) is 6.92 Å². The van der Waals surface area contributed by atoms with E-state index in [0.29, 0.717) is 12.1 Å². The SMILES string of the molecule is CCc1c(NC(=O)c2c(C(F)(F)F)nn(C)c2C)cccc1C(C)(C)C. The Morgan fingerprint density at radius 2 is 1.85 bits per heavy atom. The Kier molecular flexibility index (Phi) is 5.21. The zero-order valence-corrected chi connectivity index (χ0v) is 15.9. The van der Waals surface area contributed by atoms with Crippen molar-refractivity contribution >= 4 is 11.6 Å². The van der Waals surface area contributed by atoms with E-state index in [2.05, 4.69) is 31.2 Å². The standard InChI is InChI=1S/C19H24F3N3O/c1-7-12-13(18(3,4)5)9-8-10-14(12)23-17(26)15-11(2)25(6)24-16(15)19(20,21)22/h8-10H,7H2,1-6H3,(H,23,26). The van der Waals surface area contributed by atoms with E-state index < -0.39 is 23.3 Å². The van der Waals surface area contributed by atoms with Gasteiger partial charge in [0.1, 0.15) is 0 Å². The van der Waals surface area contributed by atoms with Gasteiger partial charge in [-0.3, -0.25) is 9.48 Å². The smallest absolute Gasteiger partial charge is 0.322 e. The molecule has 0 aliphatic heterocycles. The molecule has 0 spiro atoms. The maximum atomic E-state index is 13.3. The third-order valence-electron chi connectivity index (χ3n) is 4.42. The van der Waals surface area contributed by atoms with E-state index in [0.717, 1.165) is 15.8 Å². The number of rotatable bonds is 3. The first-order valence-electron chi connectivity index (χ1n) is 8.42. The van der Waals surface area contributed by atoms with E-state index in [1.807, 2.05) is 13.0 Å². The molecule has 0 aliphatic rings. The average molecular weight is 367 g/mol. The lowest BCUT2D eigenvalue weighted by Gasteiger charge is -2.24. The number of anilines is 1. The zero-order valence-electron chi connectivity index (χ0n) is 15.9. The average Bonchev–Trinajstić information content (AvgIpc) is 2.82. The third-order valence-corrected chi connectivity index (χ3v) is 4.42. The summed E-state index contributed by atoms with van der Waals surface area (Å²) >= 11 is 0. The zero-order chi connectivity index (χ0) is 19.9. The van der Waals surface area contributed by atoms with Gasteiger partial charge in [0.05, 0.1) is 5.56 Å². The number of nitrogens with zero attached hydrogens (tertiary/aromatic N) is 2. The van der Waals surface area contributed by atoms with Crippen LogP contribution in [0.2, 0.25) is 0 Å². The normalized spacial score (nSPS) is 12.3. The van der Waals surface area contributed by atoms with Gasteiger partial charge in [0, 0.05) is 18.4 Å². The number of amides is 1. The fourth-order valence-electron chi connectivity index (χ4n) is 3.05. The Hall–Kier alpha value is -2.31. The minimum atomic E-state index is -4.69. The predicted molar refractivity (Wildman–Crippen MR) is 95.4 cm³/mol. The fourth-order valence-corrected chi connectivity index (χ4v) is 3.05.